The van der Waals surface area contributed by atoms with Crippen molar-refractivity contribution in [3.63, 3.8) is 0 Å². The molecule has 1 amide bonds. The lowest BCUT2D eigenvalue weighted by Gasteiger charge is -2.34. The van der Waals surface area contributed by atoms with E-state index in [1.807, 2.05) is 6.92 Å². The number of nitrogens with one attached hydrogen (secondary N) is 2. The van der Waals surface area contributed by atoms with Gasteiger partial charge in [-0.05, 0) is 32.1 Å². The highest BCUT2D eigenvalue weighted by atomic mass is 16.3. The lowest BCUT2D eigenvalue weighted by molar-refractivity contribution is -0.123. The molecule has 16 heavy (non-hydrogen) atoms. The number of amides is 1. The summed E-state index contributed by atoms with van der Waals surface area (Å²) < 4.78 is 0. The molecule has 4 nitrogen and oxygen atoms in total. The van der Waals surface area contributed by atoms with E-state index in [1.54, 1.807) is 0 Å². The highest BCUT2D eigenvalue weighted by Gasteiger charge is 2.29. The van der Waals surface area contributed by atoms with Gasteiger partial charge in [0.1, 0.15) is 0 Å². The highest BCUT2D eigenvalue weighted by Crippen LogP contribution is 2.19. The van der Waals surface area contributed by atoms with Crippen molar-refractivity contribution in [2.45, 2.75) is 58.2 Å². The Labute approximate surface area is 97.8 Å². The smallest absolute Gasteiger partial charge is 0.236 e. The van der Waals surface area contributed by atoms with E-state index in [0.29, 0.717) is 12.0 Å². The average Bonchev–Trinajstić information content (AvgIpc) is 2.14. The largest absolute Gasteiger partial charge is 0.393 e. The highest BCUT2D eigenvalue weighted by molar-refractivity contribution is 5.81. The first-order valence-electron chi connectivity index (χ1n) is 6.21. The van der Waals surface area contributed by atoms with Crippen LogP contribution in [0.5, 0.6) is 0 Å². The first-order valence-corrected chi connectivity index (χ1v) is 6.21. The molecule has 1 unspecified atom stereocenters. The second-order valence-electron chi connectivity index (χ2n) is 5.18. The molecule has 0 aromatic rings. The van der Waals surface area contributed by atoms with Crippen molar-refractivity contribution in [1.29, 1.82) is 0 Å². The van der Waals surface area contributed by atoms with Crippen LogP contribution in [0, 0.1) is 5.92 Å². The molecule has 1 fully saturated rings. The van der Waals surface area contributed by atoms with Crippen molar-refractivity contribution in [2.24, 2.45) is 5.92 Å². The second-order valence-corrected chi connectivity index (χ2v) is 5.18. The van der Waals surface area contributed by atoms with E-state index in [4.69, 9.17) is 5.11 Å². The minimum atomic E-state index is -0.172. The summed E-state index contributed by atoms with van der Waals surface area (Å²) in [5.74, 6) is 0.674. The fourth-order valence-electron chi connectivity index (χ4n) is 1.79. The van der Waals surface area contributed by atoms with Crippen LogP contribution in [0.25, 0.3) is 0 Å². The van der Waals surface area contributed by atoms with Crippen LogP contribution in [0.2, 0.25) is 0 Å². The van der Waals surface area contributed by atoms with Crippen LogP contribution < -0.4 is 10.6 Å². The Morgan fingerprint density at radius 2 is 2.00 bits per heavy atom. The zero-order valence-corrected chi connectivity index (χ0v) is 10.5. The van der Waals surface area contributed by atoms with E-state index < -0.39 is 0 Å². The Morgan fingerprint density at radius 1 is 1.38 bits per heavy atom. The fourth-order valence-corrected chi connectivity index (χ4v) is 1.79. The third kappa shape index (κ3) is 4.49. The Hall–Kier alpha value is -0.610. The quantitative estimate of drug-likeness (QED) is 0.625. The van der Waals surface area contributed by atoms with E-state index in [-0.39, 0.29) is 18.1 Å². The molecule has 1 aliphatic carbocycles. The molecule has 4 heteroatoms. The molecule has 0 aliphatic heterocycles. The van der Waals surface area contributed by atoms with Crippen LogP contribution in [0.4, 0.5) is 0 Å². The van der Waals surface area contributed by atoms with Crippen molar-refractivity contribution < 1.29 is 9.90 Å². The number of aliphatic hydroxyl groups is 1. The van der Waals surface area contributed by atoms with Gasteiger partial charge in [-0.25, -0.2) is 0 Å². The third-order valence-corrected chi connectivity index (χ3v) is 3.01. The minimum absolute atomic E-state index is 0.0574. The van der Waals surface area contributed by atoms with Gasteiger partial charge in [-0.3, -0.25) is 4.79 Å². The number of hydrogen-bond donors (Lipinski definition) is 3. The van der Waals surface area contributed by atoms with Gasteiger partial charge in [-0.15, -0.1) is 0 Å². The van der Waals surface area contributed by atoms with Crippen molar-refractivity contribution >= 4 is 5.91 Å². The first-order chi connectivity index (χ1) is 7.49. The molecule has 1 saturated carbocycles. The van der Waals surface area contributed by atoms with Gasteiger partial charge in [-0.1, -0.05) is 13.8 Å². The molecule has 0 spiro atoms. The summed E-state index contributed by atoms with van der Waals surface area (Å²) in [6, 6.07) is 0.144. The van der Waals surface area contributed by atoms with E-state index >= 15 is 0 Å². The number of hydrogen-bond acceptors (Lipinski definition) is 3. The maximum Gasteiger partial charge on any atom is 0.236 e. The van der Waals surface area contributed by atoms with Crippen LogP contribution >= 0.6 is 0 Å². The van der Waals surface area contributed by atoms with Gasteiger partial charge in [-0.2, -0.15) is 0 Å². The fraction of sp³-hybridized carbons (Fsp3) is 0.917. The maximum atomic E-state index is 11.6. The molecule has 0 saturated heterocycles. The second kappa shape index (κ2) is 6.21. The van der Waals surface area contributed by atoms with Gasteiger partial charge >= 0.3 is 0 Å². The third-order valence-electron chi connectivity index (χ3n) is 3.01. The molecule has 0 radical (unpaired) electrons. The molecule has 0 heterocycles. The Morgan fingerprint density at radius 3 is 2.50 bits per heavy atom. The topological polar surface area (TPSA) is 61.4 Å². The summed E-state index contributed by atoms with van der Waals surface area (Å²) in [6.45, 7) is 6.90. The number of aliphatic hydroxyl groups excluding tert-OH is 1. The van der Waals surface area contributed by atoms with Crippen molar-refractivity contribution in [3.8, 4) is 0 Å². The molecular weight excluding hydrogens is 204 g/mol. The molecule has 0 aromatic carbocycles. The Bertz CT molecular complexity index is 225. The number of carbonyl (C=O) groups is 1. The molecule has 1 rings (SSSR count). The summed E-state index contributed by atoms with van der Waals surface area (Å²) >= 11 is 0. The van der Waals surface area contributed by atoms with Crippen LogP contribution in [-0.4, -0.2) is 35.7 Å². The molecular formula is C12H24N2O2. The van der Waals surface area contributed by atoms with Crippen LogP contribution in [0.15, 0.2) is 0 Å². The summed E-state index contributed by atoms with van der Waals surface area (Å²) in [5.41, 5.74) is 0. The molecule has 3 N–H and O–H groups in total. The normalized spacial score (nSPS) is 26.3. The van der Waals surface area contributed by atoms with Crippen molar-refractivity contribution in [2.75, 3.05) is 6.54 Å². The van der Waals surface area contributed by atoms with Crippen LogP contribution in [-0.2, 0) is 4.79 Å². The number of carbonyl (C=O) groups excluding carboxylic acids is 1. The number of rotatable bonds is 6. The molecule has 0 aromatic heterocycles. The Kier molecular flexibility index (Phi) is 5.22. The van der Waals surface area contributed by atoms with Crippen molar-refractivity contribution in [3.05, 3.63) is 0 Å². The molecule has 94 valence electrons. The summed E-state index contributed by atoms with van der Waals surface area (Å²) in [7, 11) is 0. The van der Waals surface area contributed by atoms with Gasteiger partial charge in [0.05, 0.1) is 12.1 Å². The predicted octanol–water partition coefficient (Wildman–Crippen LogP) is 0.650. The van der Waals surface area contributed by atoms with E-state index in [9.17, 15) is 4.79 Å². The monoisotopic (exact) mass is 228 g/mol. The zero-order chi connectivity index (χ0) is 12.1. The van der Waals surface area contributed by atoms with Crippen molar-refractivity contribution in [1.82, 2.24) is 10.6 Å². The predicted molar refractivity (Wildman–Crippen MR) is 64.1 cm³/mol. The van der Waals surface area contributed by atoms with Gasteiger partial charge in [0.2, 0.25) is 5.91 Å². The average molecular weight is 228 g/mol. The van der Waals surface area contributed by atoms with E-state index in [2.05, 4.69) is 24.5 Å². The standard InChI is InChI=1S/C12H24N2O2/c1-8(2)4-5-13-12(16)9(3)14-10-6-11(15)7-10/h8-11,14-15H,4-7H2,1-3H3,(H,13,16). The SMILES string of the molecule is CC(C)CCNC(=O)C(C)NC1CC(O)C1. The summed E-state index contributed by atoms with van der Waals surface area (Å²) in [5, 5.41) is 15.3. The van der Waals surface area contributed by atoms with Gasteiger partial charge in [0.15, 0.2) is 0 Å². The van der Waals surface area contributed by atoms with Gasteiger partial charge in [0, 0.05) is 12.6 Å². The molecule has 1 aliphatic rings. The maximum absolute atomic E-state index is 11.6. The molecule has 1 atom stereocenters. The minimum Gasteiger partial charge on any atom is -0.393 e. The molecule has 0 bridgehead atoms. The van der Waals surface area contributed by atoms with E-state index in [0.717, 1.165) is 25.8 Å². The van der Waals surface area contributed by atoms with Crippen LogP contribution in [0.3, 0.4) is 0 Å². The first kappa shape index (κ1) is 13.5. The van der Waals surface area contributed by atoms with Crippen LogP contribution in [0.1, 0.15) is 40.0 Å². The summed E-state index contributed by atoms with van der Waals surface area (Å²) in [6.07, 6.45) is 2.38. The zero-order valence-electron chi connectivity index (χ0n) is 10.5. The van der Waals surface area contributed by atoms with Gasteiger partial charge in [0.25, 0.3) is 0 Å². The van der Waals surface area contributed by atoms with Gasteiger partial charge < -0.3 is 15.7 Å². The lowest BCUT2D eigenvalue weighted by atomic mass is 9.89. The lowest BCUT2D eigenvalue weighted by Crippen LogP contribution is -2.52. The Balaban J connectivity index is 2.10. The van der Waals surface area contributed by atoms with E-state index in [1.165, 1.54) is 0 Å². The summed E-state index contributed by atoms with van der Waals surface area (Å²) in [4.78, 5) is 11.6.